The molecule has 0 aliphatic rings. The van der Waals surface area contributed by atoms with E-state index in [9.17, 15) is 18.0 Å². The van der Waals surface area contributed by atoms with Gasteiger partial charge in [0.15, 0.2) is 5.01 Å². The fourth-order valence-corrected chi connectivity index (χ4v) is 2.88. The molecule has 1 atom stereocenters. The monoisotopic (exact) mass is 325 g/mol. The van der Waals surface area contributed by atoms with Gasteiger partial charge in [0, 0.05) is 22.5 Å². The normalized spacial score (nSPS) is 13.5. The predicted octanol–water partition coefficient (Wildman–Crippen LogP) is 3.42. The number of aromatic amines is 1. The fraction of sp³-hybridized carbons (Fsp3) is 0.143. The van der Waals surface area contributed by atoms with E-state index in [-0.39, 0.29) is 10.7 Å². The van der Waals surface area contributed by atoms with Gasteiger partial charge in [0.25, 0.3) is 0 Å². The van der Waals surface area contributed by atoms with Crippen LogP contribution in [0, 0.1) is 0 Å². The summed E-state index contributed by atoms with van der Waals surface area (Å²) >= 11 is 0.854. The molecule has 2 aromatic heterocycles. The summed E-state index contributed by atoms with van der Waals surface area (Å²) in [6.07, 6.45) is -3.06. The van der Waals surface area contributed by atoms with Crippen molar-refractivity contribution in [1.82, 2.24) is 9.97 Å². The number of halogens is 3. The molecular formula is C14H10F3N3OS. The number of nitrogens with two attached hydrogens (primary N) is 1. The summed E-state index contributed by atoms with van der Waals surface area (Å²) in [6.45, 7) is 0. The number of hydrogen-bond donors (Lipinski definition) is 2. The first kappa shape index (κ1) is 14.7. The van der Waals surface area contributed by atoms with E-state index in [1.807, 2.05) is 6.07 Å². The van der Waals surface area contributed by atoms with Crippen molar-refractivity contribution >= 4 is 28.0 Å². The lowest BCUT2D eigenvalue weighted by molar-refractivity contribution is -0.149. The molecule has 0 aliphatic carbocycles. The summed E-state index contributed by atoms with van der Waals surface area (Å²) in [5, 5.41) is 1.85. The number of carbonyl (C=O) groups excluding carboxylic acids is 1. The molecule has 0 fully saturated rings. The van der Waals surface area contributed by atoms with E-state index in [4.69, 9.17) is 5.73 Å². The van der Waals surface area contributed by atoms with Crippen molar-refractivity contribution in [2.45, 2.75) is 12.2 Å². The van der Waals surface area contributed by atoms with Crippen LogP contribution >= 0.6 is 11.3 Å². The zero-order valence-corrected chi connectivity index (χ0v) is 11.8. The van der Waals surface area contributed by atoms with Crippen molar-refractivity contribution in [2.24, 2.45) is 5.73 Å². The minimum Gasteiger partial charge on any atom is -0.360 e. The zero-order valence-electron chi connectivity index (χ0n) is 11.0. The highest BCUT2D eigenvalue weighted by Crippen LogP contribution is 2.31. The Kier molecular flexibility index (Phi) is 3.50. The van der Waals surface area contributed by atoms with Crippen molar-refractivity contribution in [3.05, 3.63) is 52.1 Å². The van der Waals surface area contributed by atoms with Crippen LogP contribution in [0.3, 0.4) is 0 Å². The lowest BCUT2D eigenvalue weighted by atomic mass is 10.1. The SMILES string of the molecule is NC(c1csc(C(=O)c2c[nH]c3ccccc23)n1)C(F)(F)F. The molecule has 2 heterocycles. The van der Waals surface area contributed by atoms with E-state index in [1.165, 1.54) is 11.6 Å². The maximum Gasteiger partial charge on any atom is 0.409 e. The first-order valence-corrected chi connectivity index (χ1v) is 7.14. The number of para-hydroxylation sites is 1. The van der Waals surface area contributed by atoms with Gasteiger partial charge in [-0.05, 0) is 6.07 Å². The number of aromatic nitrogens is 2. The van der Waals surface area contributed by atoms with Crippen molar-refractivity contribution < 1.29 is 18.0 Å². The molecule has 1 aromatic carbocycles. The van der Waals surface area contributed by atoms with Gasteiger partial charge in [-0.25, -0.2) is 4.98 Å². The summed E-state index contributed by atoms with van der Waals surface area (Å²) in [5.41, 5.74) is 5.89. The molecule has 22 heavy (non-hydrogen) atoms. The zero-order chi connectivity index (χ0) is 15.9. The third-order valence-electron chi connectivity index (χ3n) is 3.22. The molecule has 0 spiro atoms. The van der Waals surface area contributed by atoms with E-state index in [2.05, 4.69) is 9.97 Å². The second-order valence-corrected chi connectivity index (χ2v) is 5.53. The van der Waals surface area contributed by atoms with Gasteiger partial charge in [-0.2, -0.15) is 13.2 Å². The van der Waals surface area contributed by atoms with Crippen LogP contribution in [0.15, 0.2) is 35.8 Å². The van der Waals surface area contributed by atoms with E-state index in [0.29, 0.717) is 10.9 Å². The van der Waals surface area contributed by atoms with Gasteiger partial charge in [-0.15, -0.1) is 11.3 Å². The van der Waals surface area contributed by atoms with E-state index >= 15 is 0 Å². The molecule has 0 bridgehead atoms. The Balaban J connectivity index is 1.95. The number of rotatable bonds is 3. The topological polar surface area (TPSA) is 71.8 Å². The summed E-state index contributed by atoms with van der Waals surface area (Å²) in [7, 11) is 0. The Morgan fingerprint density at radius 1 is 1.32 bits per heavy atom. The maximum atomic E-state index is 12.6. The molecule has 3 rings (SSSR count). The molecule has 1 unspecified atom stereocenters. The summed E-state index contributed by atoms with van der Waals surface area (Å²) in [6, 6.07) is 4.97. The quantitative estimate of drug-likeness (QED) is 0.725. The van der Waals surface area contributed by atoms with Crippen molar-refractivity contribution in [1.29, 1.82) is 0 Å². The number of thiazole rings is 1. The average molecular weight is 325 g/mol. The minimum atomic E-state index is -4.59. The summed E-state index contributed by atoms with van der Waals surface area (Å²) in [5.74, 6) is -0.428. The van der Waals surface area contributed by atoms with Crippen molar-refractivity contribution in [3.8, 4) is 0 Å². The number of hydrogen-bond acceptors (Lipinski definition) is 4. The number of nitrogens with zero attached hydrogens (tertiary/aromatic N) is 1. The fourth-order valence-electron chi connectivity index (χ4n) is 2.08. The highest BCUT2D eigenvalue weighted by Gasteiger charge is 2.39. The van der Waals surface area contributed by atoms with Crippen LogP contribution in [0.1, 0.15) is 27.1 Å². The van der Waals surface area contributed by atoms with Gasteiger partial charge in [0.05, 0.1) is 11.3 Å². The molecule has 3 aromatic rings. The van der Waals surface area contributed by atoms with E-state index in [1.54, 1.807) is 18.2 Å². The molecule has 0 saturated heterocycles. The molecule has 0 amide bonds. The third kappa shape index (κ3) is 2.51. The Labute approximate surface area is 126 Å². The number of fused-ring (bicyclic) bond motifs is 1. The third-order valence-corrected chi connectivity index (χ3v) is 4.08. The van der Waals surface area contributed by atoms with Crippen LogP contribution in [-0.2, 0) is 0 Å². The lowest BCUT2D eigenvalue weighted by Crippen LogP contribution is -2.28. The van der Waals surface area contributed by atoms with E-state index in [0.717, 1.165) is 16.9 Å². The number of nitrogens with one attached hydrogen (secondary N) is 1. The Morgan fingerprint density at radius 2 is 2.05 bits per heavy atom. The van der Waals surface area contributed by atoms with Gasteiger partial charge >= 0.3 is 6.18 Å². The van der Waals surface area contributed by atoms with Gasteiger partial charge in [0.2, 0.25) is 5.78 Å². The van der Waals surface area contributed by atoms with Gasteiger partial charge in [-0.1, -0.05) is 18.2 Å². The van der Waals surface area contributed by atoms with Gasteiger partial charge in [0.1, 0.15) is 6.04 Å². The number of alkyl halides is 3. The van der Waals surface area contributed by atoms with Crippen molar-refractivity contribution in [3.63, 3.8) is 0 Å². The second kappa shape index (κ2) is 5.22. The van der Waals surface area contributed by atoms with Gasteiger partial charge in [-0.3, -0.25) is 4.79 Å². The van der Waals surface area contributed by atoms with Crippen LogP contribution in [-0.4, -0.2) is 21.9 Å². The number of benzene rings is 1. The average Bonchev–Trinajstić information content (AvgIpc) is 3.12. The summed E-state index contributed by atoms with van der Waals surface area (Å²) < 4.78 is 37.7. The predicted molar refractivity (Wildman–Crippen MR) is 76.8 cm³/mol. The molecule has 114 valence electrons. The number of ketones is 1. The van der Waals surface area contributed by atoms with Crippen LogP contribution in [0.4, 0.5) is 13.2 Å². The van der Waals surface area contributed by atoms with Crippen LogP contribution in [0.5, 0.6) is 0 Å². The van der Waals surface area contributed by atoms with Crippen LogP contribution < -0.4 is 5.73 Å². The molecule has 0 radical (unpaired) electrons. The first-order valence-electron chi connectivity index (χ1n) is 6.26. The second-order valence-electron chi connectivity index (χ2n) is 4.67. The molecule has 0 saturated carbocycles. The Bertz CT molecular complexity index is 837. The molecule has 0 aliphatic heterocycles. The smallest absolute Gasteiger partial charge is 0.360 e. The lowest BCUT2D eigenvalue weighted by Gasteiger charge is -2.12. The minimum absolute atomic E-state index is 0.0144. The highest BCUT2D eigenvalue weighted by molar-refractivity contribution is 7.12. The van der Waals surface area contributed by atoms with Crippen LogP contribution in [0.25, 0.3) is 10.9 Å². The number of H-pyrrole nitrogens is 1. The van der Waals surface area contributed by atoms with Crippen LogP contribution in [0.2, 0.25) is 0 Å². The molecule has 8 heteroatoms. The largest absolute Gasteiger partial charge is 0.409 e. The summed E-state index contributed by atoms with van der Waals surface area (Å²) in [4.78, 5) is 19.1. The van der Waals surface area contributed by atoms with Crippen molar-refractivity contribution in [2.75, 3.05) is 0 Å². The Morgan fingerprint density at radius 3 is 2.77 bits per heavy atom. The molecule has 3 N–H and O–H groups in total. The molecule has 4 nitrogen and oxygen atoms in total. The standard InChI is InChI=1S/C14H10F3N3OS/c15-14(16,17)12(18)10-6-22-13(20-10)11(21)8-5-19-9-4-2-1-3-7(8)9/h1-6,12,19H,18H2. The Hall–Kier alpha value is -2.19. The number of carbonyl (C=O) groups is 1. The maximum absolute atomic E-state index is 12.6. The first-order chi connectivity index (χ1) is 10.4. The molecular weight excluding hydrogens is 315 g/mol. The van der Waals surface area contributed by atoms with E-state index < -0.39 is 18.0 Å². The van der Waals surface area contributed by atoms with Gasteiger partial charge < -0.3 is 10.7 Å². The highest BCUT2D eigenvalue weighted by atomic mass is 32.1.